The molecule has 0 aliphatic rings. The molecule has 2 atom stereocenters. The number of nitrogens with zero attached hydrogens (tertiary/aromatic N) is 1. The molecular formula is C19H39NO8P+. The Hall–Kier alpha value is -0.990. The van der Waals surface area contributed by atoms with Crippen LogP contribution in [0.2, 0.25) is 0 Å². The molecule has 29 heavy (non-hydrogen) atoms. The number of carbonyl (C=O) groups is 2. The summed E-state index contributed by atoms with van der Waals surface area (Å²) in [6, 6.07) is 0. The number of quaternary nitrogens is 1. The van der Waals surface area contributed by atoms with Crippen LogP contribution in [0, 0.1) is 0 Å². The van der Waals surface area contributed by atoms with Gasteiger partial charge in [-0.15, -0.1) is 0 Å². The third kappa shape index (κ3) is 17.6. The van der Waals surface area contributed by atoms with E-state index in [0.717, 1.165) is 25.7 Å². The molecule has 1 unspecified atom stereocenters. The summed E-state index contributed by atoms with van der Waals surface area (Å²) in [7, 11) is 1.46. The standard InChI is InChI=1S/C19H38NO8P/c1-6-8-9-10-12-18(21)25-15-17(28-19(22)11-7-2)16-27-29(23,24)26-14-13-20(3,4)5/h17H,6-16H2,1-5H3/p+1/t17-/m1/s1. The predicted octanol–water partition coefficient (Wildman–Crippen LogP) is 3.05. The Morgan fingerprint density at radius 3 is 2.21 bits per heavy atom. The quantitative estimate of drug-likeness (QED) is 0.159. The smallest absolute Gasteiger partial charge is 0.462 e. The van der Waals surface area contributed by atoms with Crippen LogP contribution in [0.25, 0.3) is 0 Å². The largest absolute Gasteiger partial charge is 0.472 e. The molecule has 0 bridgehead atoms. The Morgan fingerprint density at radius 1 is 0.931 bits per heavy atom. The van der Waals surface area contributed by atoms with Gasteiger partial charge in [-0.05, 0) is 12.8 Å². The number of phosphoric acid groups is 1. The van der Waals surface area contributed by atoms with Crippen molar-refractivity contribution in [3.63, 3.8) is 0 Å². The highest BCUT2D eigenvalue weighted by molar-refractivity contribution is 7.47. The summed E-state index contributed by atoms with van der Waals surface area (Å²) in [4.78, 5) is 33.4. The molecule has 0 aliphatic carbocycles. The number of unbranched alkanes of at least 4 members (excludes halogenated alkanes) is 3. The van der Waals surface area contributed by atoms with Gasteiger partial charge in [0.15, 0.2) is 6.10 Å². The van der Waals surface area contributed by atoms with Gasteiger partial charge in [0.05, 0.1) is 27.7 Å². The van der Waals surface area contributed by atoms with Gasteiger partial charge < -0.3 is 18.9 Å². The number of hydrogen-bond acceptors (Lipinski definition) is 7. The molecule has 0 amide bonds. The second kappa shape index (κ2) is 14.9. The number of ether oxygens (including phenoxy) is 2. The van der Waals surface area contributed by atoms with E-state index in [2.05, 4.69) is 6.92 Å². The fourth-order valence-corrected chi connectivity index (χ4v) is 2.91. The zero-order chi connectivity index (χ0) is 22.3. The van der Waals surface area contributed by atoms with Crippen molar-refractivity contribution in [2.75, 3.05) is 47.5 Å². The minimum Gasteiger partial charge on any atom is -0.462 e. The highest BCUT2D eigenvalue weighted by Gasteiger charge is 2.26. The third-order valence-corrected chi connectivity index (χ3v) is 4.84. The average molecular weight is 440 g/mol. The van der Waals surface area contributed by atoms with E-state index in [1.165, 1.54) is 0 Å². The Balaban J connectivity index is 4.53. The predicted molar refractivity (Wildman–Crippen MR) is 109 cm³/mol. The van der Waals surface area contributed by atoms with Crippen molar-refractivity contribution < 1.29 is 42.1 Å². The van der Waals surface area contributed by atoms with E-state index in [-0.39, 0.29) is 26.1 Å². The van der Waals surface area contributed by atoms with Gasteiger partial charge in [0.1, 0.15) is 19.8 Å². The average Bonchev–Trinajstić information content (AvgIpc) is 2.60. The first-order chi connectivity index (χ1) is 13.5. The van der Waals surface area contributed by atoms with Gasteiger partial charge in [-0.2, -0.15) is 0 Å². The van der Waals surface area contributed by atoms with Gasteiger partial charge in [0, 0.05) is 12.8 Å². The van der Waals surface area contributed by atoms with Crippen LogP contribution in [0.3, 0.4) is 0 Å². The molecule has 0 saturated carbocycles. The van der Waals surface area contributed by atoms with Gasteiger partial charge in [-0.25, -0.2) is 4.57 Å². The summed E-state index contributed by atoms with van der Waals surface area (Å²) in [5, 5.41) is 0. The van der Waals surface area contributed by atoms with Gasteiger partial charge in [-0.3, -0.25) is 18.6 Å². The number of carbonyl (C=O) groups excluding carboxylic acids is 2. The molecule has 0 aromatic rings. The molecule has 172 valence electrons. The number of rotatable bonds is 17. The van der Waals surface area contributed by atoms with Gasteiger partial charge >= 0.3 is 19.8 Å². The number of esters is 2. The van der Waals surface area contributed by atoms with E-state index in [1.807, 2.05) is 28.1 Å². The van der Waals surface area contributed by atoms with E-state index in [4.69, 9.17) is 18.5 Å². The second-order valence-corrected chi connectivity index (χ2v) is 9.42. The Bertz CT molecular complexity index is 521. The van der Waals surface area contributed by atoms with E-state index in [0.29, 0.717) is 17.4 Å². The van der Waals surface area contributed by atoms with Crippen molar-refractivity contribution in [1.82, 2.24) is 0 Å². The lowest BCUT2D eigenvalue weighted by Gasteiger charge is -2.24. The van der Waals surface area contributed by atoms with Crippen molar-refractivity contribution in [3.05, 3.63) is 0 Å². The van der Waals surface area contributed by atoms with Crippen LogP contribution >= 0.6 is 7.82 Å². The lowest BCUT2D eigenvalue weighted by molar-refractivity contribution is -0.870. The molecular weight excluding hydrogens is 401 g/mol. The van der Waals surface area contributed by atoms with Crippen LogP contribution < -0.4 is 0 Å². The van der Waals surface area contributed by atoms with E-state index < -0.39 is 32.5 Å². The number of phosphoric ester groups is 1. The van der Waals surface area contributed by atoms with Crippen LogP contribution in [0.1, 0.15) is 58.8 Å². The Kier molecular flexibility index (Phi) is 14.4. The third-order valence-electron chi connectivity index (χ3n) is 3.86. The van der Waals surface area contributed by atoms with E-state index in [1.54, 1.807) is 0 Å². The monoisotopic (exact) mass is 440 g/mol. The van der Waals surface area contributed by atoms with E-state index >= 15 is 0 Å². The molecule has 0 spiro atoms. The van der Waals surface area contributed by atoms with Crippen LogP contribution in [-0.2, 0) is 32.7 Å². The number of likely N-dealkylation sites (N-methyl/N-ethyl adjacent to an activating group) is 1. The normalized spacial score (nSPS) is 14.8. The van der Waals surface area contributed by atoms with Crippen molar-refractivity contribution in [2.45, 2.75) is 64.9 Å². The first-order valence-corrected chi connectivity index (χ1v) is 11.8. The Morgan fingerprint density at radius 2 is 1.62 bits per heavy atom. The summed E-state index contributed by atoms with van der Waals surface area (Å²) < 4.78 is 32.8. The second-order valence-electron chi connectivity index (χ2n) is 7.97. The minimum absolute atomic E-state index is 0.0321. The molecule has 0 aromatic heterocycles. The first kappa shape index (κ1) is 28.0. The summed E-state index contributed by atoms with van der Waals surface area (Å²) >= 11 is 0. The molecule has 9 nitrogen and oxygen atoms in total. The van der Waals surface area contributed by atoms with Crippen LogP contribution in [0.4, 0.5) is 0 Å². The fourth-order valence-electron chi connectivity index (χ4n) is 2.16. The van der Waals surface area contributed by atoms with Gasteiger partial charge in [0.2, 0.25) is 0 Å². The summed E-state index contributed by atoms with van der Waals surface area (Å²) in [5.41, 5.74) is 0. The first-order valence-electron chi connectivity index (χ1n) is 10.3. The molecule has 0 fully saturated rings. The maximum Gasteiger partial charge on any atom is 0.472 e. The van der Waals surface area contributed by atoms with Crippen molar-refractivity contribution >= 4 is 19.8 Å². The van der Waals surface area contributed by atoms with Crippen molar-refractivity contribution in [2.24, 2.45) is 0 Å². The Labute approximate surface area is 174 Å². The zero-order valence-electron chi connectivity index (χ0n) is 18.6. The highest BCUT2D eigenvalue weighted by atomic mass is 31.2. The molecule has 0 radical (unpaired) electrons. The topological polar surface area (TPSA) is 108 Å². The minimum atomic E-state index is -4.31. The molecule has 10 heteroatoms. The fraction of sp³-hybridized carbons (Fsp3) is 0.895. The van der Waals surface area contributed by atoms with Crippen LogP contribution in [0.5, 0.6) is 0 Å². The summed E-state index contributed by atoms with van der Waals surface area (Å²) in [6.07, 6.45) is 3.89. The maximum absolute atomic E-state index is 12.0. The van der Waals surface area contributed by atoms with Crippen LogP contribution in [-0.4, -0.2) is 74.9 Å². The van der Waals surface area contributed by atoms with Gasteiger partial charge in [0.25, 0.3) is 0 Å². The summed E-state index contributed by atoms with van der Waals surface area (Å²) in [6.45, 7) is 3.81. The molecule has 1 N–H and O–H groups in total. The van der Waals surface area contributed by atoms with Crippen LogP contribution in [0.15, 0.2) is 0 Å². The lowest BCUT2D eigenvalue weighted by Crippen LogP contribution is -2.37. The molecule has 0 saturated heterocycles. The molecule has 0 rings (SSSR count). The molecule has 0 heterocycles. The maximum atomic E-state index is 12.0. The summed E-state index contributed by atoms with van der Waals surface area (Å²) in [5.74, 6) is -0.886. The number of hydrogen-bond donors (Lipinski definition) is 1. The SMILES string of the molecule is CCCCCCC(=O)OC[C@H](COP(=O)(O)OCC[N+](C)(C)C)OC(=O)CCC. The lowest BCUT2D eigenvalue weighted by atomic mass is 10.2. The van der Waals surface area contributed by atoms with Crippen molar-refractivity contribution in [1.29, 1.82) is 0 Å². The van der Waals surface area contributed by atoms with Gasteiger partial charge in [-0.1, -0.05) is 33.1 Å². The van der Waals surface area contributed by atoms with E-state index in [9.17, 15) is 19.0 Å². The molecule has 0 aromatic carbocycles. The molecule has 0 aliphatic heterocycles. The highest BCUT2D eigenvalue weighted by Crippen LogP contribution is 2.43. The zero-order valence-corrected chi connectivity index (χ0v) is 19.4. The van der Waals surface area contributed by atoms with Crippen molar-refractivity contribution in [3.8, 4) is 0 Å².